The lowest BCUT2D eigenvalue weighted by Crippen LogP contribution is -2.20. The van der Waals surface area contributed by atoms with E-state index in [-0.39, 0.29) is 0 Å². The Kier molecular flexibility index (Phi) is 2.44. The number of alkyl halides is 3. The molecule has 0 aliphatic heterocycles. The molecule has 0 aliphatic rings. The average molecular weight is 223 g/mol. The highest BCUT2D eigenvalue weighted by molar-refractivity contribution is 5.88. The van der Waals surface area contributed by atoms with Gasteiger partial charge in [0.05, 0.1) is 12.6 Å². The molecule has 82 valence electrons. The van der Waals surface area contributed by atoms with Gasteiger partial charge in [0.25, 0.3) is 0 Å². The fraction of sp³-hybridized carbons (Fsp3) is 0.125. The van der Waals surface area contributed by atoms with Crippen molar-refractivity contribution in [3.05, 3.63) is 29.6 Å². The number of hydrogen-bond donors (Lipinski definition) is 2. The van der Waals surface area contributed by atoms with E-state index in [4.69, 9.17) is 1.37 Å². The van der Waals surface area contributed by atoms with E-state index >= 15 is 0 Å². The summed E-state index contributed by atoms with van der Waals surface area (Å²) in [5.74, 6) is -1.27. The van der Waals surface area contributed by atoms with Crippen molar-refractivity contribution in [2.24, 2.45) is 5.73 Å². The van der Waals surface area contributed by atoms with E-state index in [2.05, 4.69) is 5.73 Å². The summed E-state index contributed by atoms with van der Waals surface area (Å²) < 4.78 is 56.9. The molecule has 0 aromatic heterocycles. The molecule has 1 rings (SSSR count). The Morgan fingerprint density at radius 2 is 2.13 bits per heavy atom. The molecule has 0 saturated carbocycles. The van der Waals surface area contributed by atoms with Crippen molar-refractivity contribution in [2.75, 3.05) is 5.32 Å². The van der Waals surface area contributed by atoms with Crippen LogP contribution in [0.15, 0.2) is 18.2 Å². The van der Waals surface area contributed by atoms with Gasteiger partial charge in [-0.05, 0) is 18.2 Å². The molecule has 7 heteroatoms. The van der Waals surface area contributed by atoms with E-state index in [1.807, 2.05) is 0 Å². The van der Waals surface area contributed by atoms with E-state index in [1.54, 1.807) is 5.32 Å². The summed E-state index contributed by atoms with van der Waals surface area (Å²) in [6.45, 7) is 0. The zero-order chi connectivity index (χ0) is 12.5. The predicted octanol–water partition coefficient (Wildman–Crippen LogP) is 2.34. The molecule has 0 atom stereocenters. The molecule has 0 radical (unpaired) electrons. The van der Waals surface area contributed by atoms with Crippen LogP contribution in [0, 0.1) is 5.82 Å². The van der Waals surface area contributed by atoms with Crippen LogP contribution in [0.25, 0.3) is 0 Å². The van der Waals surface area contributed by atoms with E-state index in [0.717, 1.165) is 0 Å². The highest BCUT2D eigenvalue weighted by atomic mass is 19.4. The topological polar surface area (TPSA) is 55.1 Å². The summed E-state index contributed by atoms with van der Waals surface area (Å²) in [5.41, 5.74) is 2.64. The third kappa shape index (κ3) is 2.83. The van der Waals surface area contributed by atoms with E-state index < -0.39 is 35.3 Å². The highest BCUT2D eigenvalue weighted by Crippen LogP contribution is 2.31. The lowest BCUT2D eigenvalue weighted by molar-refractivity contribution is -0.137. The molecule has 0 bridgehead atoms. The second-order valence-corrected chi connectivity index (χ2v) is 2.60. The van der Waals surface area contributed by atoms with Gasteiger partial charge in [0.1, 0.15) is 5.82 Å². The number of nitrogens with one attached hydrogen (secondary N) is 1. The normalized spacial score (nSPS) is 12.1. The number of urea groups is 1. The van der Waals surface area contributed by atoms with Crippen LogP contribution in [-0.4, -0.2) is 6.03 Å². The predicted molar refractivity (Wildman–Crippen MR) is 44.6 cm³/mol. The van der Waals surface area contributed by atoms with Gasteiger partial charge in [0.15, 0.2) is 0 Å². The Morgan fingerprint density at radius 1 is 1.53 bits per heavy atom. The summed E-state index contributed by atoms with van der Waals surface area (Å²) in [7, 11) is 0. The Balaban J connectivity index is 3.27. The summed E-state index contributed by atoms with van der Waals surface area (Å²) in [6, 6.07) is -1.49. The van der Waals surface area contributed by atoms with Crippen molar-refractivity contribution >= 4 is 11.7 Å². The summed E-state index contributed by atoms with van der Waals surface area (Å²) in [4.78, 5) is 10.4. The van der Waals surface area contributed by atoms with Crippen LogP contribution in [0.3, 0.4) is 0 Å². The summed E-state index contributed by atoms with van der Waals surface area (Å²) >= 11 is 0. The summed E-state index contributed by atoms with van der Waals surface area (Å²) in [6.07, 6.45) is -4.72. The number of amides is 2. The van der Waals surface area contributed by atoms with Gasteiger partial charge in [-0.25, -0.2) is 9.18 Å². The second-order valence-electron chi connectivity index (χ2n) is 2.60. The first-order valence-corrected chi connectivity index (χ1v) is 3.65. The number of benzene rings is 1. The van der Waals surface area contributed by atoms with Crippen molar-refractivity contribution < 1.29 is 23.7 Å². The number of carbonyl (C=O) groups is 1. The smallest absolute Gasteiger partial charge is 0.351 e. The SMILES string of the molecule is [2H]c1cc(C(F)(F)F)cc(NC(N)=O)c1F. The van der Waals surface area contributed by atoms with Crippen molar-refractivity contribution in [1.82, 2.24) is 0 Å². The highest BCUT2D eigenvalue weighted by Gasteiger charge is 2.31. The minimum atomic E-state index is -4.72. The number of hydrogen-bond acceptors (Lipinski definition) is 1. The van der Waals surface area contributed by atoms with Crippen LogP contribution in [0.5, 0.6) is 0 Å². The van der Waals surface area contributed by atoms with Gasteiger partial charge in [-0.3, -0.25) is 0 Å². The maximum absolute atomic E-state index is 13.1. The standard InChI is InChI=1S/C8H6F4N2O/c9-5-2-1-4(8(10,11)12)3-6(5)14-7(13)15/h1-3H,(H3,13,14,15)/i2D. The molecule has 0 unspecified atom stereocenters. The minimum Gasteiger partial charge on any atom is -0.351 e. The van der Waals surface area contributed by atoms with Crippen molar-refractivity contribution in [2.45, 2.75) is 6.18 Å². The van der Waals surface area contributed by atoms with Crippen molar-refractivity contribution in [3.8, 4) is 0 Å². The Hall–Kier alpha value is -1.79. The molecular weight excluding hydrogens is 216 g/mol. The first-order valence-electron chi connectivity index (χ1n) is 4.15. The number of rotatable bonds is 1. The van der Waals surface area contributed by atoms with Crippen molar-refractivity contribution in [1.29, 1.82) is 0 Å². The maximum atomic E-state index is 13.1. The molecule has 3 N–H and O–H groups in total. The maximum Gasteiger partial charge on any atom is 0.416 e. The van der Waals surface area contributed by atoms with Gasteiger partial charge < -0.3 is 11.1 Å². The third-order valence-electron chi connectivity index (χ3n) is 1.48. The Bertz CT molecular complexity index is 433. The molecule has 1 aromatic carbocycles. The van der Waals surface area contributed by atoms with Gasteiger partial charge in [0, 0.05) is 0 Å². The second kappa shape index (κ2) is 3.76. The third-order valence-corrected chi connectivity index (χ3v) is 1.48. The molecular formula is C8H6F4N2O. The van der Waals surface area contributed by atoms with Crippen molar-refractivity contribution in [3.63, 3.8) is 0 Å². The molecule has 2 amide bonds. The fourth-order valence-corrected chi connectivity index (χ4v) is 0.867. The van der Waals surface area contributed by atoms with Gasteiger partial charge in [-0.2, -0.15) is 13.2 Å². The van der Waals surface area contributed by atoms with Crippen LogP contribution < -0.4 is 11.1 Å². The first-order chi connectivity index (χ1) is 7.21. The van der Waals surface area contributed by atoms with E-state index in [1.165, 1.54) is 0 Å². The number of nitrogens with two attached hydrogens (primary N) is 1. The molecule has 0 saturated heterocycles. The Labute approximate surface area is 83.3 Å². The molecule has 3 nitrogen and oxygen atoms in total. The largest absolute Gasteiger partial charge is 0.416 e. The molecule has 0 heterocycles. The number of halogens is 4. The zero-order valence-electron chi connectivity index (χ0n) is 8.15. The molecule has 0 aliphatic carbocycles. The van der Waals surface area contributed by atoms with Gasteiger partial charge >= 0.3 is 12.2 Å². The molecule has 0 fully saturated rings. The van der Waals surface area contributed by atoms with Gasteiger partial charge in [-0.1, -0.05) is 0 Å². The molecule has 15 heavy (non-hydrogen) atoms. The van der Waals surface area contributed by atoms with Crippen LogP contribution in [0.4, 0.5) is 28.0 Å². The van der Waals surface area contributed by atoms with E-state index in [0.29, 0.717) is 12.1 Å². The lowest BCUT2D eigenvalue weighted by Gasteiger charge is -2.09. The number of carbonyl (C=O) groups excluding carboxylic acids is 1. The first kappa shape index (κ1) is 9.75. The van der Waals surface area contributed by atoms with Crippen LogP contribution in [0.1, 0.15) is 6.93 Å². The minimum absolute atomic E-state index is 0.321. The van der Waals surface area contributed by atoms with E-state index in [9.17, 15) is 22.4 Å². The monoisotopic (exact) mass is 223 g/mol. The average Bonchev–Trinajstić information content (AvgIpc) is 2.10. The van der Waals surface area contributed by atoms with Gasteiger partial charge in [-0.15, -0.1) is 0 Å². The van der Waals surface area contributed by atoms with Gasteiger partial charge in [0.2, 0.25) is 0 Å². The van der Waals surface area contributed by atoms with Crippen LogP contribution >= 0.6 is 0 Å². The zero-order valence-corrected chi connectivity index (χ0v) is 7.15. The summed E-state index contributed by atoms with van der Waals surface area (Å²) in [5, 5.41) is 1.67. The quantitative estimate of drug-likeness (QED) is 0.705. The molecule has 0 spiro atoms. The fourth-order valence-electron chi connectivity index (χ4n) is 0.867. The van der Waals surface area contributed by atoms with Crippen LogP contribution in [-0.2, 0) is 6.18 Å². The number of primary amides is 1. The Morgan fingerprint density at radius 3 is 2.60 bits per heavy atom. The molecule has 1 aromatic rings. The number of anilines is 1. The lowest BCUT2D eigenvalue weighted by atomic mass is 10.2. The van der Waals surface area contributed by atoms with Crippen LogP contribution in [0.2, 0.25) is 0 Å².